The van der Waals surface area contributed by atoms with Gasteiger partial charge in [0.25, 0.3) is 0 Å². The maximum Gasteiger partial charge on any atom is 0.0440 e. The lowest BCUT2D eigenvalue weighted by molar-refractivity contribution is 0.174. The highest BCUT2D eigenvalue weighted by Gasteiger charge is 2.48. The van der Waals surface area contributed by atoms with Gasteiger partial charge in [0.15, 0.2) is 0 Å². The van der Waals surface area contributed by atoms with Gasteiger partial charge >= 0.3 is 0 Å². The van der Waals surface area contributed by atoms with Gasteiger partial charge in [0, 0.05) is 17.2 Å². The molecule has 0 amide bonds. The largest absolute Gasteiger partial charge is 0.307 e. The van der Waals surface area contributed by atoms with Crippen molar-refractivity contribution in [1.82, 2.24) is 5.43 Å². The summed E-state index contributed by atoms with van der Waals surface area (Å²) in [6.07, 6.45) is 8.01. The topological polar surface area (TPSA) is 24.4 Å². The molecule has 0 saturated heterocycles. The van der Waals surface area contributed by atoms with E-state index in [1.165, 1.54) is 37.8 Å². The number of nitrogens with zero attached hydrogens (tertiary/aromatic N) is 1. The highest BCUT2D eigenvalue weighted by Crippen LogP contribution is 2.53. The minimum Gasteiger partial charge on any atom is -0.307 e. The molecule has 2 fully saturated rings. The van der Waals surface area contributed by atoms with Gasteiger partial charge in [-0.1, -0.05) is 13.3 Å². The molecule has 0 aliphatic heterocycles. The van der Waals surface area contributed by atoms with E-state index in [2.05, 4.69) is 24.4 Å². The molecule has 1 spiro atoms. The lowest BCUT2D eigenvalue weighted by atomic mass is 9.55. The van der Waals surface area contributed by atoms with Gasteiger partial charge in [-0.25, -0.2) is 0 Å². The van der Waals surface area contributed by atoms with Crippen LogP contribution in [-0.4, -0.2) is 11.8 Å². The molecule has 2 aliphatic carbocycles. The fraction of sp³-hybridized carbons (Fsp3) is 0.909. The zero-order chi connectivity index (χ0) is 9.31. The first kappa shape index (κ1) is 9.04. The number of rotatable bonds is 3. The second-order valence-corrected chi connectivity index (χ2v) is 4.63. The van der Waals surface area contributed by atoms with Crippen LogP contribution in [0.15, 0.2) is 5.10 Å². The number of nitrogens with one attached hydrogen (secondary N) is 1. The molecule has 0 aromatic rings. The number of hydrazone groups is 1. The summed E-state index contributed by atoms with van der Waals surface area (Å²) in [6.45, 7) is 4.38. The molecule has 1 unspecified atom stereocenters. The van der Waals surface area contributed by atoms with E-state index >= 15 is 0 Å². The second-order valence-electron chi connectivity index (χ2n) is 4.63. The summed E-state index contributed by atoms with van der Waals surface area (Å²) >= 11 is 0. The predicted octanol–water partition coefficient (Wildman–Crippen LogP) is 2.69. The smallest absolute Gasteiger partial charge is 0.0440 e. The second kappa shape index (κ2) is 3.32. The van der Waals surface area contributed by atoms with E-state index in [9.17, 15) is 0 Å². The van der Waals surface area contributed by atoms with E-state index in [0.29, 0.717) is 11.5 Å². The van der Waals surface area contributed by atoms with Crippen molar-refractivity contribution in [1.29, 1.82) is 0 Å². The van der Waals surface area contributed by atoms with Gasteiger partial charge in [0.1, 0.15) is 0 Å². The zero-order valence-electron chi connectivity index (χ0n) is 8.77. The SMILES string of the molecule is CCC(C)N/N=C1/CCC12CCC2. The molecule has 0 bridgehead atoms. The summed E-state index contributed by atoms with van der Waals surface area (Å²) in [6, 6.07) is 0.533. The van der Waals surface area contributed by atoms with E-state index < -0.39 is 0 Å². The molecule has 0 radical (unpaired) electrons. The highest BCUT2D eigenvalue weighted by molar-refractivity contribution is 5.96. The Morgan fingerprint density at radius 3 is 2.62 bits per heavy atom. The van der Waals surface area contributed by atoms with Crippen LogP contribution in [0.3, 0.4) is 0 Å². The van der Waals surface area contributed by atoms with Crippen LogP contribution < -0.4 is 5.43 Å². The van der Waals surface area contributed by atoms with Crippen LogP contribution in [0.1, 0.15) is 52.4 Å². The Balaban J connectivity index is 1.86. The van der Waals surface area contributed by atoms with Crippen molar-refractivity contribution in [3.8, 4) is 0 Å². The molecule has 0 heterocycles. The summed E-state index contributed by atoms with van der Waals surface area (Å²) < 4.78 is 0. The molecule has 0 aromatic heterocycles. The van der Waals surface area contributed by atoms with Gasteiger partial charge in [-0.05, 0) is 39.0 Å². The maximum atomic E-state index is 4.54. The maximum absolute atomic E-state index is 4.54. The quantitative estimate of drug-likeness (QED) is 0.663. The molecule has 2 nitrogen and oxygen atoms in total. The van der Waals surface area contributed by atoms with Gasteiger partial charge in [0.2, 0.25) is 0 Å². The van der Waals surface area contributed by atoms with Crippen LogP contribution in [0.25, 0.3) is 0 Å². The Morgan fingerprint density at radius 1 is 1.46 bits per heavy atom. The van der Waals surface area contributed by atoms with Gasteiger partial charge < -0.3 is 5.43 Å². The molecular weight excluding hydrogens is 160 g/mol. The molecule has 74 valence electrons. The van der Waals surface area contributed by atoms with Crippen molar-refractivity contribution >= 4 is 5.71 Å². The van der Waals surface area contributed by atoms with Crippen molar-refractivity contribution in [2.24, 2.45) is 10.5 Å². The zero-order valence-corrected chi connectivity index (χ0v) is 8.77. The van der Waals surface area contributed by atoms with E-state index in [0.717, 1.165) is 6.42 Å². The molecule has 2 saturated carbocycles. The third kappa shape index (κ3) is 1.47. The fourth-order valence-corrected chi connectivity index (χ4v) is 2.19. The molecule has 13 heavy (non-hydrogen) atoms. The van der Waals surface area contributed by atoms with E-state index in [1.807, 2.05) is 0 Å². The van der Waals surface area contributed by atoms with E-state index in [-0.39, 0.29) is 0 Å². The lowest BCUT2D eigenvalue weighted by Gasteiger charge is -2.50. The number of hydrogen-bond acceptors (Lipinski definition) is 2. The molecule has 1 atom stereocenters. The summed E-state index contributed by atoms with van der Waals surface area (Å²) in [5, 5.41) is 4.54. The molecule has 1 N–H and O–H groups in total. The van der Waals surface area contributed by atoms with Gasteiger partial charge in [-0.15, -0.1) is 0 Å². The van der Waals surface area contributed by atoms with Crippen LogP contribution in [0, 0.1) is 5.41 Å². The van der Waals surface area contributed by atoms with Crippen molar-refractivity contribution in [3.63, 3.8) is 0 Å². The minimum atomic E-state index is 0.533. The van der Waals surface area contributed by atoms with Crippen molar-refractivity contribution in [3.05, 3.63) is 0 Å². The minimum absolute atomic E-state index is 0.533. The molecule has 2 rings (SSSR count). The van der Waals surface area contributed by atoms with Crippen molar-refractivity contribution < 1.29 is 0 Å². The third-order valence-corrected chi connectivity index (χ3v) is 3.80. The van der Waals surface area contributed by atoms with Crippen molar-refractivity contribution in [2.75, 3.05) is 0 Å². The first-order chi connectivity index (χ1) is 6.27. The van der Waals surface area contributed by atoms with E-state index in [4.69, 9.17) is 0 Å². The predicted molar refractivity (Wildman–Crippen MR) is 55.8 cm³/mol. The molecule has 2 aliphatic rings. The standard InChI is InChI=1S/C11H20N2/c1-3-9(2)12-13-10-5-8-11(10)6-4-7-11/h9,12H,3-8H2,1-2H3/b13-10-. The summed E-state index contributed by atoms with van der Waals surface area (Å²) in [5.41, 5.74) is 5.29. The number of hydrogen-bond donors (Lipinski definition) is 1. The van der Waals surface area contributed by atoms with Crippen LogP contribution in [0.2, 0.25) is 0 Å². The van der Waals surface area contributed by atoms with Crippen molar-refractivity contribution in [2.45, 2.75) is 58.4 Å². The van der Waals surface area contributed by atoms with Crippen LogP contribution in [0.5, 0.6) is 0 Å². The van der Waals surface area contributed by atoms with Gasteiger partial charge in [-0.2, -0.15) is 5.10 Å². The van der Waals surface area contributed by atoms with Crippen LogP contribution in [-0.2, 0) is 0 Å². The molecular formula is C11H20N2. The first-order valence-corrected chi connectivity index (χ1v) is 5.59. The Kier molecular flexibility index (Phi) is 2.31. The Hall–Kier alpha value is -0.530. The Bertz CT molecular complexity index is 211. The van der Waals surface area contributed by atoms with E-state index in [1.54, 1.807) is 0 Å². The summed E-state index contributed by atoms with van der Waals surface area (Å²) in [7, 11) is 0. The van der Waals surface area contributed by atoms with Crippen LogP contribution >= 0.6 is 0 Å². The first-order valence-electron chi connectivity index (χ1n) is 5.59. The highest BCUT2D eigenvalue weighted by atomic mass is 15.3. The van der Waals surface area contributed by atoms with Gasteiger partial charge in [-0.3, -0.25) is 0 Å². The Morgan fingerprint density at radius 2 is 2.23 bits per heavy atom. The molecule has 0 aromatic carbocycles. The average Bonchev–Trinajstić information content (AvgIpc) is 1.99. The molecule has 2 heteroatoms. The Labute approximate surface area is 80.8 Å². The van der Waals surface area contributed by atoms with Crippen LogP contribution in [0.4, 0.5) is 0 Å². The lowest BCUT2D eigenvalue weighted by Crippen LogP contribution is -2.47. The fourth-order valence-electron chi connectivity index (χ4n) is 2.19. The normalized spacial score (nSPS) is 29.5. The average molecular weight is 180 g/mol. The third-order valence-electron chi connectivity index (χ3n) is 3.80. The monoisotopic (exact) mass is 180 g/mol. The van der Waals surface area contributed by atoms with Gasteiger partial charge in [0.05, 0.1) is 0 Å². The summed E-state index contributed by atoms with van der Waals surface area (Å²) in [4.78, 5) is 0. The summed E-state index contributed by atoms with van der Waals surface area (Å²) in [5.74, 6) is 0.